The van der Waals surface area contributed by atoms with Crippen molar-refractivity contribution >= 4 is 11.7 Å². The highest BCUT2D eigenvalue weighted by atomic mass is 16.1. The summed E-state index contributed by atoms with van der Waals surface area (Å²) in [7, 11) is 1.59. The molecule has 5 heteroatoms. The van der Waals surface area contributed by atoms with Gasteiger partial charge >= 0.3 is 0 Å². The van der Waals surface area contributed by atoms with Crippen LogP contribution in [0.2, 0.25) is 0 Å². The van der Waals surface area contributed by atoms with Crippen LogP contribution in [0, 0.1) is 0 Å². The van der Waals surface area contributed by atoms with Crippen molar-refractivity contribution in [3.05, 3.63) is 17.8 Å². The summed E-state index contributed by atoms with van der Waals surface area (Å²) >= 11 is 0. The van der Waals surface area contributed by atoms with Gasteiger partial charge in [-0.05, 0) is 25.0 Å². The first-order chi connectivity index (χ1) is 8.79. The summed E-state index contributed by atoms with van der Waals surface area (Å²) in [4.78, 5) is 11.3. The minimum atomic E-state index is -0.205. The number of carbonyl (C=O) groups excluding carboxylic acids is 1. The molecule has 0 radical (unpaired) electrons. The molecule has 0 spiro atoms. The van der Waals surface area contributed by atoms with Gasteiger partial charge in [0, 0.05) is 13.1 Å². The van der Waals surface area contributed by atoms with Crippen LogP contribution >= 0.6 is 0 Å². The summed E-state index contributed by atoms with van der Waals surface area (Å²) in [6.07, 6.45) is 7.61. The van der Waals surface area contributed by atoms with Crippen molar-refractivity contribution in [3.8, 4) is 0 Å². The van der Waals surface area contributed by atoms with E-state index >= 15 is 0 Å². The molecule has 1 saturated carbocycles. The number of rotatable bonds is 3. The predicted molar refractivity (Wildman–Crippen MR) is 70.5 cm³/mol. The Morgan fingerprint density at radius 1 is 1.17 bits per heavy atom. The SMILES string of the molecule is CNC(=O)c1ccc(NC2CCCCCC2)nn1. The molecular formula is C13H20N4O. The maximum atomic E-state index is 11.3. The largest absolute Gasteiger partial charge is 0.366 e. The highest BCUT2D eigenvalue weighted by Crippen LogP contribution is 2.20. The zero-order valence-electron chi connectivity index (χ0n) is 10.8. The van der Waals surface area contributed by atoms with Crippen molar-refractivity contribution in [2.24, 2.45) is 0 Å². The predicted octanol–water partition coefficient (Wildman–Crippen LogP) is 1.97. The number of amides is 1. The first kappa shape index (κ1) is 12.8. The Bertz CT molecular complexity index is 382. The molecule has 1 fully saturated rings. The van der Waals surface area contributed by atoms with Gasteiger partial charge in [-0.3, -0.25) is 4.79 Å². The smallest absolute Gasteiger partial charge is 0.271 e. The Hall–Kier alpha value is -1.65. The molecule has 98 valence electrons. The second kappa shape index (κ2) is 6.33. The first-order valence-electron chi connectivity index (χ1n) is 6.62. The maximum absolute atomic E-state index is 11.3. The van der Waals surface area contributed by atoms with Crippen LogP contribution in [0.4, 0.5) is 5.82 Å². The van der Waals surface area contributed by atoms with E-state index in [1.807, 2.05) is 6.07 Å². The quantitative estimate of drug-likeness (QED) is 0.803. The van der Waals surface area contributed by atoms with Gasteiger partial charge in [-0.25, -0.2) is 0 Å². The van der Waals surface area contributed by atoms with E-state index in [1.54, 1.807) is 13.1 Å². The number of nitrogens with zero attached hydrogens (tertiary/aromatic N) is 2. The minimum Gasteiger partial charge on any atom is -0.366 e. The normalized spacial score (nSPS) is 16.9. The van der Waals surface area contributed by atoms with Gasteiger partial charge in [0.05, 0.1) is 0 Å². The molecule has 1 heterocycles. The van der Waals surface area contributed by atoms with Crippen LogP contribution in [0.3, 0.4) is 0 Å². The Kier molecular flexibility index (Phi) is 4.50. The van der Waals surface area contributed by atoms with Gasteiger partial charge in [0.25, 0.3) is 5.91 Å². The maximum Gasteiger partial charge on any atom is 0.271 e. The van der Waals surface area contributed by atoms with E-state index in [0.29, 0.717) is 11.7 Å². The van der Waals surface area contributed by atoms with Gasteiger partial charge in [0.15, 0.2) is 5.69 Å². The average molecular weight is 248 g/mol. The van der Waals surface area contributed by atoms with Gasteiger partial charge in [-0.15, -0.1) is 10.2 Å². The molecule has 0 aliphatic heterocycles. The Morgan fingerprint density at radius 2 is 1.89 bits per heavy atom. The van der Waals surface area contributed by atoms with Crippen molar-refractivity contribution in [2.45, 2.75) is 44.6 Å². The van der Waals surface area contributed by atoms with Gasteiger partial charge in [0.2, 0.25) is 0 Å². The third-order valence-electron chi connectivity index (χ3n) is 3.33. The molecule has 2 N–H and O–H groups in total. The summed E-state index contributed by atoms with van der Waals surface area (Å²) in [6, 6.07) is 4.01. The van der Waals surface area contributed by atoms with E-state index in [4.69, 9.17) is 0 Å². The van der Waals surface area contributed by atoms with Crippen molar-refractivity contribution in [3.63, 3.8) is 0 Å². The van der Waals surface area contributed by atoms with Crippen LogP contribution in [-0.2, 0) is 0 Å². The lowest BCUT2D eigenvalue weighted by atomic mass is 10.1. The molecule has 1 amide bonds. The summed E-state index contributed by atoms with van der Waals surface area (Å²) in [6.45, 7) is 0. The summed E-state index contributed by atoms with van der Waals surface area (Å²) in [5, 5.41) is 13.9. The molecule has 0 atom stereocenters. The lowest BCUT2D eigenvalue weighted by Gasteiger charge is -2.16. The standard InChI is InChI=1S/C13H20N4O/c1-14-13(18)11-8-9-12(17-16-11)15-10-6-4-2-3-5-7-10/h8-10H,2-7H2,1H3,(H,14,18)(H,15,17). The molecular weight excluding hydrogens is 228 g/mol. The first-order valence-corrected chi connectivity index (χ1v) is 6.62. The number of hydrogen-bond donors (Lipinski definition) is 2. The lowest BCUT2D eigenvalue weighted by molar-refractivity contribution is 0.0957. The molecule has 0 saturated heterocycles. The van der Waals surface area contributed by atoms with Crippen molar-refractivity contribution in [1.29, 1.82) is 0 Å². The molecule has 1 aromatic rings. The number of nitrogens with one attached hydrogen (secondary N) is 2. The number of carbonyl (C=O) groups is 1. The average Bonchev–Trinajstić information content (AvgIpc) is 2.67. The van der Waals surface area contributed by atoms with Crippen LogP contribution in [-0.4, -0.2) is 29.2 Å². The van der Waals surface area contributed by atoms with Gasteiger partial charge in [-0.2, -0.15) is 0 Å². The van der Waals surface area contributed by atoms with Gasteiger partial charge < -0.3 is 10.6 Å². The summed E-state index contributed by atoms with van der Waals surface area (Å²) in [5.41, 5.74) is 0.351. The van der Waals surface area contributed by atoms with E-state index in [-0.39, 0.29) is 5.91 Å². The minimum absolute atomic E-state index is 0.205. The van der Waals surface area contributed by atoms with Crippen LogP contribution in [0.15, 0.2) is 12.1 Å². The zero-order valence-corrected chi connectivity index (χ0v) is 10.8. The highest BCUT2D eigenvalue weighted by molar-refractivity contribution is 5.91. The molecule has 5 nitrogen and oxygen atoms in total. The molecule has 18 heavy (non-hydrogen) atoms. The van der Waals surface area contributed by atoms with Crippen LogP contribution < -0.4 is 10.6 Å². The Balaban J connectivity index is 1.94. The number of hydrogen-bond acceptors (Lipinski definition) is 4. The molecule has 2 rings (SSSR count). The van der Waals surface area contributed by atoms with Crippen LogP contribution in [0.1, 0.15) is 49.0 Å². The fourth-order valence-electron chi connectivity index (χ4n) is 2.29. The number of anilines is 1. The summed E-state index contributed by atoms with van der Waals surface area (Å²) < 4.78 is 0. The van der Waals surface area contributed by atoms with Crippen molar-refractivity contribution in [2.75, 3.05) is 12.4 Å². The van der Waals surface area contributed by atoms with E-state index in [9.17, 15) is 4.79 Å². The van der Waals surface area contributed by atoms with Gasteiger partial charge in [-0.1, -0.05) is 25.7 Å². The van der Waals surface area contributed by atoms with E-state index < -0.39 is 0 Å². The van der Waals surface area contributed by atoms with E-state index in [0.717, 1.165) is 5.82 Å². The lowest BCUT2D eigenvalue weighted by Crippen LogP contribution is -2.22. The highest BCUT2D eigenvalue weighted by Gasteiger charge is 2.13. The molecule has 1 aliphatic carbocycles. The monoisotopic (exact) mass is 248 g/mol. The number of aromatic nitrogens is 2. The second-order valence-corrected chi connectivity index (χ2v) is 4.72. The van der Waals surface area contributed by atoms with E-state index in [2.05, 4.69) is 20.8 Å². The third kappa shape index (κ3) is 3.42. The molecule has 0 unspecified atom stereocenters. The van der Waals surface area contributed by atoms with Crippen molar-refractivity contribution < 1.29 is 4.79 Å². The van der Waals surface area contributed by atoms with Crippen LogP contribution in [0.5, 0.6) is 0 Å². The molecule has 1 aliphatic rings. The molecule has 0 aromatic carbocycles. The Labute approximate surface area is 107 Å². The second-order valence-electron chi connectivity index (χ2n) is 4.72. The van der Waals surface area contributed by atoms with Crippen molar-refractivity contribution in [1.82, 2.24) is 15.5 Å². The Morgan fingerprint density at radius 3 is 2.44 bits per heavy atom. The summed E-state index contributed by atoms with van der Waals surface area (Å²) in [5.74, 6) is 0.554. The third-order valence-corrected chi connectivity index (χ3v) is 3.33. The fraction of sp³-hybridized carbons (Fsp3) is 0.615. The molecule has 1 aromatic heterocycles. The molecule has 0 bridgehead atoms. The topological polar surface area (TPSA) is 66.9 Å². The van der Waals surface area contributed by atoms with E-state index in [1.165, 1.54) is 38.5 Å². The fourth-order valence-corrected chi connectivity index (χ4v) is 2.29. The van der Waals surface area contributed by atoms with Gasteiger partial charge in [0.1, 0.15) is 5.82 Å². The zero-order chi connectivity index (χ0) is 12.8. The van der Waals surface area contributed by atoms with Crippen LogP contribution in [0.25, 0.3) is 0 Å².